The first kappa shape index (κ1) is 18.3. The molecule has 1 rings (SSSR count). The molecule has 1 nitrogen and oxygen atoms in total. The van der Waals surface area contributed by atoms with E-state index in [1.807, 2.05) is 6.07 Å². The van der Waals surface area contributed by atoms with Crippen LogP contribution in [0.5, 0.6) is 0 Å². The lowest BCUT2D eigenvalue weighted by Crippen LogP contribution is -2.15. The smallest absolute Gasteiger partial charge is 0.248 e. The summed E-state index contributed by atoms with van der Waals surface area (Å²) < 4.78 is 26.5. The van der Waals surface area contributed by atoms with Crippen LogP contribution in [0.4, 0.5) is 8.78 Å². The molecule has 0 spiro atoms. The number of alkyl halides is 2. The third-order valence-electron chi connectivity index (χ3n) is 3.85. The molecule has 0 N–H and O–H groups in total. The number of benzene rings is 1. The quantitative estimate of drug-likeness (QED) is 0.425. The van der Waals surface area contributed by atoms with E-state index in [1.54, 1.807) is 19.2 Å². The molecule has 0 amide bonds. The molecular weight excluding hydrogens is 280 g/mol. The number of nitrogens with zero attached hydrogens (tertiary/aromatic N) is 1. The van der Waals surface area contributed by atoms with E-state index >= 15 is 0 Å². The maximum Gasteiger partial charge on any atom is 0.248 e. The van der Waals surface area contributed by atoms with Gasteiger partial charge >= 0.3 is 0 Å². The Morgan fingerprint density at radius 1 is 1.27 bits per heavy atom. The van der Waals surface area contributed by atoms with Gasteiger partial charge in [0.2, 0.25) is 5.92 Å². The summed E-state index contributed by atoms with van der Waals surface area (Å²) in [5, 5.41) is 0. The number of aryl methyl sites for hydroxylation is 2. The zero-order chi connectivity index (χ0) is 16.8. The van der Waals surface area contributed by atoms with Crippen molar-refractivity contribution >= 4 is 11.3 Å². The second-order valence-corrected chi connectivity index (χ2v) is 5.66. The molecule has 1 aromatic rings. The molecule has 0 atom stereocenters. The van der Waals surface area contributed by atoms with E-state index in [-0.39, 0.29) is 12.8 Å². The van der Waals surface area contributed by atoms with Gasteiger partial charge in [0.25, 0.3) is 0 Å². The van der Waals surface area contributed by atoms with Gasteiger partial charge in [-0.05, 0) is 49.5 Å². The predicted octanol–water partition coefficient (Wildman–Crippen LogP) is 6.12. The zero-order valence-electron chi connectivity index (χ0n) is 13.9. The van der Waals surface area contributed by atoms with Gasteiger partial charge in [-0.15, -0.1) is 0 Å². The van der Waals surface area contributed by atoms with Gasteiger partial charge in [0.15, 0.2) is 0 Å². The van der Waals surface area contributed by atoms with Crippen LogP contribution in [0.1, 0.15) is 49.8 Å². The summed E-state index contributed by atoms with van der Waals surface area (Å²) in [4.78, 5) is 4.31. The molecule has 0 saturated carbocycles. The summed E-state index contributed by atoms with van der Waals surface area (Å²) >= 11 is 0. The molecule has 0 aliphatic heterocycles. The topological polar surface area (TPSA) is 12.4 Å². The molecule has 22 heavy (non-hydrogen) atoms. The Kier molecular flexibility index (Phi) is 6.66. The average Bonchev–Trinajstić information content (AvgIpc) is 2.49. The molecule has 0 unspecified atom stereocenters. The Morgan fingerprint density at radius 3 is 2.50 bits per heavy atom. The number of aliphatic imine (C=N–C) groups is 1. The fourth-order valence-electron chi connectivity index (χ4n) is 1.95. The molecule has 0 aliphatic carbocycles. The number of hydrogen-bond acceptors (Lipinski definition) is 1. The van der Waals surface area contributed by atoms with E-state index in [1.165, 1.54) is 18.1 Å². The first-order valence-electron chi connectivity index (χ1n) is 7.60. The molecule has 0 heterocycles. The van der Waals surface area contributed by atoms with Crippen LogP contribution in [0.2, 0.25) is 0 Å². The zero-order valence-corrected chi connectivity index (χ0v) is 13.9. The molecule has 0 fully saturated rings. The summed E-state index contributed by atoms with van der Waals surface area (Å²) in [7, 11) is 0. The van der Waals surface area contributed by atoms with Gasteiger partial charge in [-0.2, -0.15) is 0 Å². The molecule has 120 valence electrons. The number of halogens is 2. The molecule has 0 bridgehead atoms. The maximum absolute atomic E-state index is 13.2. The van der Waals surface area contributed by atoms with Gasteiger partial charge in [0, 0.05) is 24.8 Å². The minimum Gasteiger partial charge on any atom is -0.265 e. The Balaban J connectivity index is 2.85. The fraction of sp³-hybridized carbons (Fsp3) is 0.421. The van der Waals surface area contributed by atoms with E-state index in [2.05, 4.69) is 37.6 Å². The first-order chi connectivity index (χ1) is 10.3. The number of allylic oxidation sites excluding steroid dienone is 2. The van der Waals surface area contributed by atoms with Gasteiger partial charge in [-0.1, -0.05) is 37.8 Å². The van der Waals surface area contributed by atoms with Crippen molar-refractivity contribution < 1.29 is 8.78 Å². The molecule has 0 aromatic heterocycles. The molecule has 0 aliphatic rings. The highest BCUT2D eigenvalue weighted by Gasteiger charge is 2.25. The van der Waals surface area contributed by atoms with Crippen LogP contribution in [0.3, 0.4) is 0 Å². The van der Waals surface area contributed by atoms with Crippen molar-refractivity contribution in [3.63, 3.8) is 0 Å². The summed E-state index contributed by atoms with van der Waals surface area (Å²) in [5.41, 5.74) is 5.07. The minimum atomic E-state index is -2.60. The molecule has 0 saturated heterocycles. The molecule has 0 radical (unpaired) electrons. The highest BCUT2D eigenvalue weighted by molar-refractivity contribution is 5.84. The normalized spacial score (nSPS) is 13.4. The summed E-state index contributed by atoms with van der Waals surface area (Å²) in [6, 6.07) is 6.16. The van der Waals surface area contributed by atoms with Crippen LogP contribution in [0.15, 0.2) is 42.0 Å². The largest absolute Gasteiger partial charge is 0.265 e. The van der Waals surface area contributed by atoms with Gasteiger partial charge in [0.1, 0.15) is 0 Å². The second kappa shape index (κ2) is 8.02. The first-order valence-corrected chi connectivity index (χ1v) is 7.60. The van der Waals surface area contributed by atoms with Crippen LogP contribution >= 0.6 is 0 Å². The van der Waals surface area contributed by atoms with Crippen LogP contribution < -0.4 is 0 Å². The standard InChI is InChI=1S/C19H25F2N/c1-6-17(18-9-8-14(3)15(4)12-18)13-22-16(5)10-11-19(20,21)7-2/h6,8-9,12-13H,1,7,10-11H2,2-5H3/b17-13+,22-16+. The lowest BCUT2D eigenvalue weighted by atomic mass is 10.0. The van der Waals surface area contributed by atoms with Gasteiger partial charge in [0.05, 0.1) is 0 Å². The highest BCUT2D eigenvalue weighted by Crippen LogP contribution is 2.24. The summed E-state index contributed by atoms with van der Waals surface area (Å²) in [6.07, 6.45) is 3.46. The van der Waals surface area contributed by atoms with Crippen molar-refractivity contribution in [1.82, 2.24) is 0 Å². The summed E-state index contributed by atoms with van der Waals surface area (Å²) in [6.45, 7) is 11.2. The minimum absolute atomic E-state index is 0.128. The third-order valence-corrected chi connectivity index (χ3v) is 3.85. The van der Waals surface area contributed by atoms with E-state index in [4.69, 9.17) is 0 Å². The maximum atomic E-state index is 13.2. The lowest BCUT2D eigenvalue weighted by molar-refractivity contribution is -0.00935. The fourth-order valence-corrected chi connectivity index (χ4v) is 1.95. The highest BCUT2D eigenvalue weighted by atomic mass is 19.3. The molecular formula is C19H25F2N. The van der Waals surface area contributed by atoms with Gasteiger partial charge in [-0.25, -0.2) is 8.78 Å². The van der Waals surface area contributed by atoms with Crippen LogP contribution in [0, 0.1) is 13.8 Å². The van der Waals surface area contributed by atoms with Crippen LogP contribution in [-0.2, 0) is 0 Å². The van der Waals surface area contributed by atoms with Crippen molar-refractivity contribution in [2.24, 2.45) is 4.99 Å². The Labute approximate surface area is 132 Å². The second-order valence-electron chi connectivity index (χ2n) is 5.66. The van der Waals surface area contributed by atoms with E-state index in [0.29, 0.717) is 12.1 Å². The van der Waals surface area contributed by atoms with Crippen LogP contribution in [0.25, 0.3) is 5.57 Å². The third kappa shape index (κ3) is 5.55. The Bertz CT molecular complexity index is 583. The van der Waals surface area contributed by atoms with E-state index in [0.717, 1.165) is 11.1 Å². The van der Waals surface area contributed by atoms with Crippen molar-refractivity contribution in [2.45, 2.75) is 52.9 Å². The van der Waals surface area contributed by atoms with Crippen molar-refractivity contribution in [1.29, 1.82) is 0 Å². The molecule has 3 heteroatoms. The monoisotopic (exact) mass is 305 g/mol. The van der Waals surface area contributed by atoms with Crippen molar-refractivity contribution in [3.05, 3.63) is 53.7 Å². The van der Waals surface area contributed by atoms with E-state index < -0.39 is 5.92 Å². The van der Waals surface area contributed by atoms with Gasteiger partial charge in [-0.3, -0.25) is 4.99 Å². The molecule has 1 aromatic carbocycles. The van der Waals surface area contributed by atoms with Crippen LogP contribution in [-0.4, -0.2) is 11.6 Å². The Morgan fingerprint density at radius 2 is 1.95 bits per heavy atom. The number of hydrogen-bond donors (Lipinski definition) is 0. The summed E-state index contributed by atoms with van der Waals surface area (Å²) in [5.74, 6) is -2.60. The Hall–Kier alpha value is -1.77. The van der Waals surface area contributed by atoms with Crippen molar-refractivity contribution in [2.75, 3.05) is 0 Å². The number of rotatable bonds is 7. The van der Waals surface area contributed by atoms with E-state index in [9.17, 15) is 8.78 Å². The lowest BCUT2D eigenvalue weighted by Gasteiger charge is -2.12. The SMILES string of the molecule is C=C/C(=C\N=C(/C)CCC(F)(F)CC)c1ccc(C)c(C)c1. The average molecular weight is 305 g/mol. The van der Waals surface area contributed by atoms with Gasteiger partial charge < -0.3 is 0 Å². The predicted molar refractivity (Wildman–Crippen MR) is 91.7 cm³/mol. The van der Waals surface area contributed by atoms with Crippen molar-refractivity contribution in [3.8, 4) is 0 Å².